The summed E-state index contributed by atoms with van der Waals surface area (Å²) in [5.41, 5.74) is 4.51. The van der Waals surface area contributed by atoms with Gasteiger partial charge in [-0.25, -0.2) is 4.39 Å². The van der Waals surface area contributed by atoms with Crippen LogP contribution in [-0.2, 0) is 5.67 Å². The van der Waals surface area contributed by atoms with Gasteiger partial charge in [0.1, 0.15) is 5.67 Å². The summed E-state index contributed by atoms with van der Waals surface area (Å²) in [6.45, 7) is 0. The van der Waals surface area contributed by atoms with Crippen molar-refractivity contribution in [3.05, 3.63) is 17.0 Å². The molecule has 1 heterocycles. The molecule has 1 aromatic rings. The van der Waals surface area contributed by atoms with Crippen molar-refractivity contribution in [2.24, 2.45) is 5.73 Å². The highest BCUT2D eigenvalue weighted by Gasteiger charge is 2.40. The Morgan fingerprint density at radius 2 is 2.43 bits per heavy atom. The molecule has 1 fully saturated rings. The van der Waals surface area contributed by atoms with Crippen molar-refractivity contribution in [2.75, 3.05) is 7.11 Å². The Labute approximate surface area is 86.9 Å². The molecule has 0 aliphatic heterocycles. The predicted molar refractivity (Wildman–Crippen MR) is 55.5 cm³/mol. The number of ether oxygens (including phenoxy) is 1. The van der Waals surface area contributed by atoms with Crippen LogP contribution in [0.1, 0.15) is 24.1 Å². The summed E-state index contributed by atoms with van der Waals surface area (Å²) in [4.78, 5) is 0.752. The summed E-state index contributed by atoms with van der Waals surface area (Å²) >= 11 is 1.38. The smallest absolute Gasteiger partial charge is 0.173 e. The number of hydrogen-bond donors (Lipinski definition) is 1. The quantitative estimate of drug-likeness (QED) is 0.822. The molecule has 2 N–H and O–H groups in total. The van der Waals surface area contributed by atoms with Crippen molar-refractivity contribution in [3.63, 3.8) is 0 Å². The van der Waals surface area contributed by atoms with Crippen LogP contribution in [0.5, 0.6) is 5.06 Å². The molecule has 1 aliphatic rings. The van der Waals surface area contributed by atoms with E-state index in [1.165, 1.54) is 11.3 Å². The highest BCUT2D eigenvalue weighted by Crippen LogP contribution is 2.45. The van der Waals surface area contributed by atoms with Crippen LogP contribution in [0.15, 0.2) is 12.1 Å². The minimum Gasteiger partial charge on any atom is -0.487 e. The first-order valence-corrected chi connectivity index (χ1v) is 5.54. The average molecular weight is 215 g/mol. The van der Waals surface area contributed by atoms with Gasteiger partial charge in [0.25, 0.3) is 0 Å². The molecule has 1 aromatic heterocycles. The summed E-state index contributed by atoms with van der Waals surface area (Å²) in [6.07, 6.45) is 1.76. The molecule has 0 aromatic carbocycles. The van der Waals surface area contributed by atoms with Crippen molar-refractivity contribution in [3.8, 4) is 5.06 Å². The Morgan fingerprint density at radius 3 is 2.93 bits per heavy atom. The lowest BCUT2D eigenvalue weighted by atomic mass is 10.0. The second kappa shape index (κ2) is 3.51. The Hall–Kier alpha value is -0.610. The monoisotopic (exact) mass is 215 g/mol. The fourth-order valence-electron chi connectivity index (χ4n) is 1.93. The molecule has 2 atom stereocenters. The number of halogens is 1. The number of nitrogens with two attached hydrogens (primary N) is 1. The molecule has 78 valence electrons. The molecule has 0 amide bonds. The first-order chi connectivity index (χ1) is 6.64. The van der Waals surface area contributed by atoms with Crippen LogP contribution in [0, 0.1) is 0 Å². The van der Waals surface area contributed by atoms with E-state index in [9.17, 15) is 4.39 Å². The molecule has 0 saturated heterocycles. The highest BCUT2D eigenvalue weighted by molar-refractivity contribution is 7.14. The van der Waals surface area contributed by atoms with Crippen LogP contribution in [-0.4, -0.2) is 13.2 Å². The Kier molecular flexibility index (Phi) is 2.49. The van der Waals surface area contributed by atoms with Gasteiger partial charge in [-0.2, -0.15) is 0 Å². The van der Waals surface area contributed by atoms with E-state index in [4.69, 9.17) is 10.5 Å². The van der Waals surface area contributed by atoms with E-state index in [0.717, 1.165) is 16.4 Å². The van der Waals surface area contributed by atoms with Crippen molar-refractivity contribution < 1.29 is 9.13 Å². The van der Waals surface area contributed by atoms with Gasteiger partial charge in [0, 0.05) is 17.3 Å². The van der Waals surface area contributed by atoms with E-state index < -0.39 is 5.67 Å². The topological polar surface area (TPSA) is 35.2 Å². The lowest BCUT2D eigenvalue weighted by Crippen LogP contribution is -2.20. The van der Waals surface area contributed by atoms with Gasteiger partial charge >= 0.3 is 0 Å². The van der Waals surface area contributed by atoms with Crippen molar-refractivity contribution in [1.29, 1.82) is 0 Å². The summed E-state index contributed by atoms with van der Waals surface area (Å²) in [7, 11) is 1.60. The molecule has 2 nitrogen and oxygen atoms in total. The molecule has 1 aliphatic carbocycles. The lowest BCUT2D eigenvalue weighted by molar-refractivity contribution is 0.177. The van der Waals surface area contributed by atoms with E-state index in [2.05, 4.69) is 0 Å². The van der Waals surface area contributed by atoms with Crippen LogP contribution in [0.4, 0.5) is 4.39 Å². The second-order valence-corrected chi connectivity index (χ2v) is 4.84. The minimum atomic E-state index is -1.21. The Bertz CT molecular complexity index is 328. The Balaban J connectivity index is 2.21. The van der Waals surface area contributed by atoms with Gasteiger partial charge in [0.05, 0.1) is 7.11 Å². The molecule has 14 heavy (non-hydrogen) atoms. The SMILES string of the molecule is COc1ccc(C2(F)CCC(N)C2)s1. The van der Waals surface area contributed by atoms with Gasteiger partial charge in [0.2, 0.25) is 0 Å². The molecule has 2 rings (SSSR count). The lowest BCUT2D eigenvalue weighted by Gasteiger charge is -2.16. The number of methoxy groups -OCH3 is 1. The molecular weight excluding hydrogens is 201 g/mol. The van der Waals surface area contributed by atoms with Crippen LogP contribution >= 0.6 is 11.3 Å². The number of thiophene rings is 1. The first-order valence-electron chi connectivity index (χ1n) is 4.73. The van der Waals surface area contributed by atoms with E-state index in [0.29, 0.717) is 12.8 Å². The van der Waals surface area contributed by atoms with Gasteiger partial charge in [-0.1, -0.05) is 0 Å². The summed E-state index contributed by atoms with van der Waals surface area (Å²) in [6, 6.07) is 3.63. The zero-order chi connectivity index (χ0) is 10.2. The van der Waals surface area contributed by atoms with E-state index in [1.54, 1.807) is 7.11 Å². The van der Waals surface area contributed by atoms with Crippen LogP contribution in [0.2, 0.25) is 0 Å². The maximum absolute atomic E-state index is 14.3. The molecule has 0 bridgehead atoms. The third kappa shape index (κ3) is 1.64. The molecule has 0 spiro atoms. The average Bonchev–Trinajstić information content (AvgIpc) is 2.73. The molecular formula is C10H14FNOS. The third-order valence-electron chi connectivity index (χ3n) is 2.72. The number of hydrogen-bond acceptors (Lipinski definition) is 3. The molecule has 0 radical (unpaired) electrons. The van der Waals surface area contributed by atoms with Gasteiger partial charge in [-0.05, 0) is 25.0 Å². The van der Waals surface area contributed by atoms with Crippen molar-refractivity contribution in [1.82, 2.24) is 0 Å². The number of alkyl halides is 1. The van der Waals surface area contributed by atoms with E-state index in [-0.39, 0.29) is 6.04 Å². The van der Waals surface area contributed by atoms with Crippen LogP contribution < -0.4 is 10.5 Å². The fourth-order valence-corrected chi connectivity index (χ4v) is 2.87. The van der Waals surface area contributed by atoms with Crippen LogP contribution in [0.25, 0.3) is 0 Å². The van der Waals surface area contributed by atoms with Crippen molar-refractivity contribution >= 4 is 11.3 Å². The standard InChI is InChI=1S/C10H14FNOS/c1-13-9-3-2-8(14-9)10(11)5-4-7(12)6-10/h2-3,7H,4-6,12H2,1H3. The zero-order valence-electron chi connectivity index (χ0n) is 8.13. The number of rotatable bonds is 2. The minimum absolute atomic E-state index is 0.00750. The fraction of sp³-hybridized carbons (Fsp3) is 0.600. The zero-order valence-corrected chi connectivity index (χ0v) is 8.94. The first kappa shape index (κ1) is 9.93. The Morgan fingerprint density at radius 1 is 1.64 bits per heavy atom. The molecule has 1 saturated carbocycles. The van der Waals surface area contributed by atoms with Gasteiger partial charge in [0.15, 0.2) is 5.06 Å². The molecule has 2 unspecified atom stereocenters. The predicted octanol–water partition coefficient (Wildman–Crippen LogP) is 2.43. The summed E-state index contributed by atoms with van der Waals surface area (Å²) in [5, 5.41) is 0.762. The largest absolute Gasteiger partial charge is 0.487 e. The normalized spacial score (nSPS) is 32.1. The molecule has 4 heteroatoms. The van der Waals surface area contributed by atoms with Gasteiger partial charge < -0.3 is 10.5 Å². The maximum atomic E-state index is 14.3. The van der Waals surface area contributed by atoms with Crippen LogP contribution in [0.3, 0.4) is 0 Å². The summed E-state index contributed by atoms with van der Waals surface area (Å²) in [5.74, 6) is 0. The van der Waals surface area contributed by atoms with E-state index in [1.807, 2.05) is 12.1 Å². The van der Waals surface area contributed by atoms with Gasteiger partial charge in [-0.15, -0.1) is 11.3 Å². The maximum Gasteiger partial charge on any atom is 0.173 e. The van der Waals surface area contributed by atoms with Gasteiger partial charge in [-0.3, -0.25) is 0 Å². The second-order valence-electron chi connectivity index (χ2n) is 3.79. The summed E-state index contributed by atoms with van der Waals surface area (Å²) < 4.78 is 19.4. The van der Waals surface area contributed by atoms with Crippen molar-refractivity contribution in [2.45, 2.75) is 31.0 Å². The van der Waals surface area contributed by atoms with E-state index >= 15 is 0 Å². The highest BCUT2D eigenvalue weighted by atomic mass is 32.1. The third-order valence-corrected chi connectivity index (χ3v) is 3.95.